The van der Waals surface area contributed by atoms with Crippen LogP contribution in [0.25, 0.3) is 11.1 Å². The summed E-state index contributed by atoms with van der Waals surface area (Å²) >= 11 is 3.69. The smallest absolute Gasteiger partial charge is 0.407 e. The van der Waals surface area contributed by atoms with Gasteiger partial charge in [-0.15, -0.1) is 23.5 Å². The summed E-state index contributed by atoms with van der Waals surface area (Å²) in [7, 11) is 3.32. The fourth-order valence-corrected chi connectivity index (χ4v) is 15.7. The van der Waals surface area contributed by atoms with Crippen LogP contribution in [0.5, 0.6) is 0 Å². The summed E-state index contributed by atoms with van der Waals surface area (Å²) in [4.78, 5) is 32.0. The highest BCUT2D eigenvalue weighted by Crippen LogP contribution is 2.51. The van der Waals surface area contributed by atoms with E-state index in [1.807, 2.05) is 40.6 Å². The molecule has 8 aromatic rings. The Bertz CT molecular complexity index is 2850. The summed E-state index contributed by atoms with van der Waals surface area (Å²) in [5.74, 6) is 1.34. The maximum absolute atomic E-state index is 15.7. The molecule has 8 aromatic carbocycles. The molecule has 1 atom stereocenters. The van der Waals surface area contributed by atoms with E-state index < -0.39 is 21.6 Å². The molecule has 0 saturated carbocycles. The minimum Gasteiger partial charge on any atom is -0.449 e. The number of hydrogen-bond acceptors (Lipinski definition) is 7. The maximum Gasteiger partial charge on any atom is 0.407 e. The Hall–Kier alpha value is -6.10. The number of nitrogens with zero attached hydrogens (tertiary/aromatic N) is 1. The Labute approximate surface area is 461 Å². The minimum atomic E-state index is -0.856. The van der Waals surface area contributed by atoms with Gasteiger partial charge in [-0.05, 0) is 69.5 Å². The van der Waals surface area contributed by atoms with Crippen LogP contribution in [0.4, 0.5) is 4.79 Å². The predicted molar refractivity (Wildman–Crippen MR) is 321 cm³/mol. The number of carbonyl (C=O) groups excluding carboxylic acids is 2. The number of ether oxygens (including phenoxy) is 1. The van der Waals surface area contributed by atoms with Crippen molar-refractivity contribution in [2.24, 2.45) is 0 Å². The van der Waals surface area contributed by atoms with Gasteiger partial charge in [-0.3, -0.25) is 4.79 Å². The first-order valence-electron chi connectivity index (χ1n) is 25.8. The van der Waals surface area contributed by atoms with Gasteiger partial charge in [-0.1, -0.05) is 272 Å². The summed E-state index contributed by atoms with van der Waals surface area (Å²) in [5.41, 5.74) is 14.0. The second-order valence-electron chi connectivity index (χ2n) is 20.1. The van der Waals surface area contributed by atoms with E-state index in [0.29, 0.717) is 30.3 Å². The Morgan fingerprint density at radius 2 is 0.867 bits per heavy atom. The molecule has 382 valence electrons. The van der Waals surface area contributed by atoms with Gasteiger partial charge in [0.05, 0.1) is 9.49 Å². The largest absolute Gasteiger partial charge is 0.449 e. The number of thioether (sulfide) groups is 2. The molecule has 75 heavy (non-hydrogen) atoms. The highest BCUT2D eigenvalue weighted by molar-refractivity contribution is 8.77. The molecule has 9 heteroatoms. The van der Waals surface area contributed by atoms with Crippen molar-refractivity contribution in [3.8, 4) is 11.1 Å². The molecule has 5 nitrogen and oxygen atoms in total. The maximum atomic E-state index is 15.7. The number of rotatable bonds is 21. The fourth-order valence-electron chi connectivity index (χ4n) is 10.2. The number of alkyl carbamates (subject to hydrolysis) is 1. The minimum absolute atomic E-state index is 0.0721. The van der Waals surface area contributed by atoms with E-state index in [-0.39, 0.29) is 23.2 Å². The summed E-state index contributed by atoms with van der Waals surface area (Å²) in [6.45, 7) is 11.8. The van der Waals surface area contributed by atoms with Gasteiger partial charge in [0.25, 0.3) is 0 Å². The van der Waals surface area contributed by atoms with Crippen molar-refractivity contribution in [2.45, 2.75) is 60.8 Å². The Balaban J connectivity index is 1.06. The van der Waals surface area contributed by atoms with Crippen LogP contribution >= 0.6 is 45.1 Å². The normalized spacial score (nSPS) is 12.9. The Morgan fingerprint density at radius 3 is 1.25 bits per heavy atom. The third kappa shape index (κ3) is 12.4. The van der Waals surface area contributed by atoms with E-state index in [0.717, 1.165) is 44.5 Å². The molecule has 1 aliphatic carbocycles. The zero-order valence-electron chi connectivity index (χ0n) is 43.5. The van der Waals surface area contributed by atoms with Crippen LogP contribution in [0, 0.1) is 13.8 Å². The van der Waals surface area contributed by atoms with Crippen LogP contribution in [0.15, 0.2) is 218 Å². The third-order valence-corrected chi connectivity index (χ3v) is 20.2. The van der Waals surface area contributed by atoms with E-state index in [1.54, 1.807) is 21.6 Å². The first-order valence-corrected chi connectivity index (χ1v) is 30.1. The van der Waals surface area contributed by atoms with Crippen molar-refractivity contribution in [2.75, 3.05) is 37.0 Å². The average molecular weight is 1060 g/mol. The number of fused-ring (bicyclic) bond motifs is 3. The lowest BCUT2D eigenvalue weighted by molar-refractivity contribution is -0.132. The van der Waals surface area contributed by atoms with Crippen LogP contribution in [-0.2, 0) is 19.0 Å². The molecule has 0 aliphatic heterocycles. The zero-order valence-corrected chi connectivity index (χ0v) is 46.8. The van der Waals surface area contributed by atoms with Gasteiger partial charge >= 0.3 is 6.09 Å². The standard InChI is InChI=1S/C66H66N2O3S4/c1-48-34-38-54(39-35-48)65(50-22-10-6-11-23-50,51-24-12-7-13-25-51)72-44-42-68(43-45-73-66(52-26-14-8-15-27-52,53-28-16-9-17-29-53)55-40-36-49(2)37-41-55)62(69)61(47-74-75-64(3,4)5)67-63(70)71-46-60-58-32-20-18-30-56(58)57-31-19-21-33-59(57)60/h6-41,60-61H,42-47H2,1-5H3,(H,67,70)/t61-/m0/s1. The molecule has 0 spiro atoms. The van der Waals surface area contributed by atoms with Crippen molar-refractivity contribution >= 4 is 57.1 Å². The lowest BCUT2D eigenvalue weighted by Gasteiger charge is -2.37. The number of hydrogen-bond donors (Lipinski definition) is 1. The number of amides is 2. The van der Waals surface area contributed by atoms with Crippen LogP contribution < -0.4 is 5.32 Å². The second-order valence-corrected chi connectivity index (χ2v) is 25.9. The van der Waals surface area contributed by atoms with Crippen molar-refractivity contribution in [1.82, 2.24) is 10.2 Å². The molecular formula is C66H66N2O3S4. The van der Waals surface area contributed by atoms with Crippen LogP contribution in [0.1, 0.15) is 82.3 Å². The van der Waals surface area contributed by atoms with Crippen molar-refractivity contribution < 1.29 is 14.3 Å². The highest BCUT2D eigenvalue weighted by Gasteiger charge is 2.40. The molecule has 0 fully saturated rings. The molecule has 0 heterocycles. The van der Waals surface area contributed by atoms with E-state index in [9.17, 15) is 4.79 Å². The molecule has 0 aromatic heterocycles. The lowest BCUT2D eigenvalue weighted by atomic mass is 9.84. The molecule has 0 radical (unpaired) electrons. The van der Waals surface area contributed by atoms with Crippen LogP contribution in [0.3, 0.4) is 0 Å². The number of carbonyl (C=O) groups is 2. The van der Waals surface area contributed by atoms with E-state index in [1.165, 1.54) is 22.3 Å². The van der Waals surface area contributed by atoms with Gasteiger partial charge in [-0.25, -0.2) is 4.79 Å². The van der Waals surface area contributed by atoms with Crippen LogP contribution in [0.2, 0.25) is 0 Å². The lowest BCUT2D eigenvalue weighted by Crippen LogP contribution is -2.51. The van der Waals surface area contributed by atoms with Gasteiger partial charge in [-0.2, -0.15) is 0 Å². The van der Waals surface area contributed by atoms with Gasteiger partial charge in [0.1, 0.15) is 12.6 Å². The average Bonchev–Trinajstić information content (AvgIpc) is 3.77. The van der Waals surface area contributed by atoms with E-state index in [4.69, 9.17) is 4.74 Å². The number of benzene rings is 8. The summed E-state index contributed by atoms with van der Waals surface area (Å²) in [5, 5.41) is 3.13. The Morgan fingerprint density at radius 1 is 0.507 bits per heavy atom. The molecule has 0 saturated heterocycles. The molecule has 0 bridgehead atoms. The monoisotopic (exact) mass is 1060 g/mol. The molecule has 1 N–H and O–H groups in total. The molecule has 2 amide bonds. The SMILES string of the molecule is Cc1ccc(C(SCCN(CCSC(c2ccccc2)(c2ccccc2)c2ccc(C)cc2)C(=O)[C@H](CSSC(C)(C)C)NC(=O)OCC2c3ccccc3-c3ccccc32)(c2ccccc2)c2ccccc2)cc1. The molecule has 0 unspecified atom stereocenters. The first-order chi connectivity index (χ1) is 36.5. The summed E-state index contributed by atoms with van der Waals surface area (Å²) < 4.78 is 4.92. The fraction of sp³-hybridized carbons (Fsp3) is 0.242. The van der Waals surface area contributed by atoms with Gasteiger partial charge in [0.15, 0.2) is 0 Å². The highest BCUT2D eigenvalue weighted by atomic mass is 33.1. The summed E-state index contributed by atoms with van der Waals surface area (Å²) in [6.07, 6.45) is -0.599. The van der Waals surface area contributed by atoms with E-state index in [2.05, 4.69) is 246 Å². The Kier molecular flexibility index (Phi) is 17.7. The quantitative estimate of drug-likeness (QED) is 0.0568. The second kappa shape index (κ2) is 24.7. The first kappa shape index (κ1) is 53.7. The van der Waals surface area contributed by atoms with Gasteiger partial charge in [0, 0.05) is 41.0 Å². The van der Waals surface area contributed by atoms with Crippen molar-refractivity contribution in [3.05, 3.63) is 274 Å². The third-order valence-electron chi connectivity index (χ3n) is 13.8. The van der Waals surface area contributed by atoms with Gasteiger partial charge in [0.2, 0.25) is 5.91 Å². The van der Waals surface area contributed by atoms with Crippen molar-refractivity contribution in [1.29, 1.82) is 0 Å². The van der Waals surface area contributed by atoms with Gasteiger partial charge < -0.3 is 15.0 Å². The van der Waals surface area contributed by atoms with Crippen molar-refractivity contribution in [3.63, 3.8) is 0 Å². The topological polar surface area (TPSA) is 58.6 Å². The number of nitrogens with one attached hydrogen (secondary N) is 1. The van der Waals surface area contributed by atoms with E-state index >= 15 is 4.79 Å². The molecule has 1 aliphatic rings. The number of aryl methyl sites for hydroxylation is 2. The molecule has 9 rings (SSSR count). The van der Waals surface area contributed by atoms with Crippen LogP contribution in [-0.4, -0.2) is 64.6 Å². The summed E-state index contributed by atoms with van der Waals surface area (Å²) in [6, 6.07) is 76.5. The predicted octanol–water partition coefficient (Wildman–Crippen LogP) is 16.0. The zero-order chi connectivity index (χ0) is 52.3. The molecular weight excluding hydrogens is 997 g/mol.